The van der Waals surface area contributed by atoms with E-state index >= 15 is 0 Å². The molecule has 3 rings (SSSR count). The third kappa shape index (κ3) is 2.62. The molecular formula is C16H19FN4O. The fourth-order valence-electron chi connectivity index (χ4n) is 2.84. The highest BCUT2D eigenvalue weighted by atomic mass is 19.1. The van der Waals surface area contributed by atoms with Gasteiger partial charge in [0.05, 0.1) is 23.1 Å². The predicted molar refractivity (Wildman–Crippen MR) is 81.3 cm³/mol. The van der Waals surface area contributed by atoms with Crippen LogP contribution in [0.25, 0.3) is 5.69 Å². The molecular weight excluding hydrogens is 283 g/mol. The van der Waals surface area contributed by atoms with E-state index < -0.39 is 0 Å². The number of hydrogen-bond donors (Lipinski definition) is 1. The first kappa shape index (κ1) is 14.7. The summed E-state index contributed by atoms with van der Waals surface area (Å²) in [6.45, 7) is 3.90. The molecule has 2 heterocycles. The van der Waals surface area contributed by atoms with Crippen LogP contribution in [0, 0.1) is 18.7 Å². The van der Waals surface area contributed by atoms with Crippen molar-refractivity contribution in [2.24, 2.45) is 11.7 Å². The van der Waals surface area contributed by atoms with Crippen molar-refractivity contribution in [2.45, 2.75) is 13.3 Å². The molecule has 1 unspecified atom stereocenters. The number of amides is 1. The van der Waals surface area contributed by atoms with Crippen molar-refractivity contribution in [3.63, 3.8) is 0 Å². The molecule has 22 heavy (non-hydrogen) atoms. The van der Waals surface area contributed by atoms with Crippen LogP contribution >= 0.6 is 0 Å². The van der Waals surface area contributed by atoms with E-state index in [-0.39, 0.29) is 11.7 Å². The summed E-state index contributed by atoms with van der Waals surface area (Å²) in [4.78, 5) is 14.4. The summed E-state index contributed by atoms with van der Waals surface area (Å²) in [6, 6.07) is 6.04. The van der Waals surface area contributed by atoms with Crippen molar-refractivity contribution in [3.8, 4) is 5.69 Å². The van der Waals surface area contributed by atoms with Gasteiger partial charge in [-0.05, 0) is 50.1 Å². The predicted octanol–water partition coefficient (Wildman–Crippen LogP) is 1.74. The van der Waals surface area contributed by atoms with Gasteiger partial charge in [0.25, 0.3) is 5.91 Å². The highest BCUT2D eigenvalue weighted by molar-refractivity contribution is 5.95. The van der Waals surface area contributed by atoms with E-state index in [9.17, 15) is 9.18 Å². The molecule has 0 bridgehead atoms. The molecule has 1 fully saturated rings. The van der Waals surface area contributed by atoms with Crippen LogP contribution in [0.3, 0.4) is 0 Å². The Balaban J connectivity index is 1.84. The second kappa shape index (κ2) is 5.88. The average molecular weight is 302 g/mol. The van der Waals surface area contributed by atoms with Crippen molar-refractivity contribution in [3.05, 3.63) is 47.5 Å². The minimum absolute atomic E-state index is 0.0122. The van der Waals surface area contributed by atoms with E-state index in [2.05, 4.69) is 5.10 Å². The lowest BCUT2D eigenvalue weighted by Gasteiger charge is -2.16. The third-order valence-corrected chi connectivity index (χ3v) is 4.22. The number of rotatable bonds is 3. The number of benzene rings is 1. The first-order chi connectivity index (χ1) is 10.6. The van der Waals surface area contributed by atoms with E-state index in [0.29, 0.717) is 24.6 Å². The van der Waals surface area contributed by atoms with Gasteiger partial charge >= 0.3 is 0 Å². The monoisotopic (exact) mass is 302 g/mol. The van der Waals surface area contributed by atoms with Gasteiger partial charge in [0.2, 0.25) is 0 Å². The fraction of sp³-hybridized carbons (Fsp3) is 0.375. The number of halogens is 1. The molecule has 6 heteroatoms. The maximum absolute atomic E-state index is 13.0. The molecule has 0 saturated carbocycles. The number of aromatic nitrogens is 2. The Morgan fingerprint density at radius 1 is 1.41 bits per heavy atom. The maximum atomic E-state index is 13.0. The third-order valence-electron chi connectivity index (χ3n) is 4.22. The van der Waals surface area contributed by atoms with Crippen LogP contribution in [-0.4, -0.2) is 40.2 Å². The van der Waals surface area contributed by atoms with Gasteiger partial charge in [-0.1, -0.05) is 0 Å². The van der Waals surface area contributed by atoms with Crippen LogP contribution in [-0.2, 0) is 0 Å². The Morgan fingerprint density at radius 2 is 2.14 bits per heavy atom. The lowest BCUT2D eigenvalue weighted by atomic mass is 10.1. The first-order valence-electron chi connectivity index (χ1n) is 7.40. The second-order valence-electron chi connectivity index (χ2n) is 5.67. The minimum Gasteiger partial charge on any atom is -0.338 e. The van der Waals surface area contributed by atoms with Crippen LogP contribution in [0.15, 0.2) is 30.5 Å². The van der Waals surface area contributed by atoms with E-state index in [1.54, 1.807) is 23.0 Å². The van der Waals surface area contributed by atoms with Gasteiger partial charge in [-0.2, -0.15) is 5.10 Å². The standard InChI is InChI=1S/C16H19FN4O/c1-11-15(16(22)20-7-6-12(8-18)10-20)9-19-21(11)14-4-2-13(17)3-5-14/h2-5,9,12H,6-8,10,18H2,1H3. The zero-order valence-corrected chi connectivity index (χ0v) is 12.5. The summed E-state index contributed by atoms with van der Waals surface area (Å²) < 4.78 is 14.7. The van der Waals surface area contributed by atoms with E-state index in [1.807, 2.05) is 11.8 Å². The molecule has 0 radical (unpaired) electrons. The lowest BCUT2D eigenvalue weighted by Crippen LogP contribution is -2.30. The van der Waals surface area contributed by atoms with Crippen LogP contribution in [0.1, 0.15) is 22.5 Å². The second-order valence-corrected chi connectivity index (χ2v) is 5.67. The van der Waals surface area contributed by atoms with E-state index in [1.165, 1.54) is 12.1 Å². The largest absolute Gasteiger partial charge is 0.338 e. The highest BCUT2D eigenvalue weighted by Gasteiger charge is 2.28. The molecule has 1 atom stereocenters. The van der Waals surface area contributed by atoms with Crippen LogP contribution in [0.4, 0.5) is 4.39 Å². The molecule has 1 aliphatic heterocycles. The summed E-state index contributed by atoms with van der Waals surface area (Å²) in [5.41, 5.74) is 7.75. The average Bonchev–Trinajstić information content (AvgIpc) is 3.14. The minimum atomic E-state index is -0.297. The van der Waals surface area contributed by atoms with Crippen molar-refractivity contribution in [1.29, 1.82) is 0 Å². The summed E-state index contributed by atoms with van der Waals surface area (Å²) in [7, 11) is 0. The van der Waals surface area contributed by atoms with Crippen LogP contribution < -0.4 is 5.73 Å². The number of carbonyl (C=O) groups is 1. The number of nitrogens with two attached hydrogens (primary N) is 1. The zero-order valence-electron chi connectivity index (χ0n) is 12.5. The van der Waals surface area contributed by atoms with Crippen molar-refractivity contribution < 1.29 is 9.18 Å². The Bertz CT molecular complexity index is 680. The SMILES string of the molecule is Cc1c(C(=O)N2CCC(CN)C2)cnn1-c1ccc(F)cc1. The highest BCUT2D eigenvalue weighted by Crippen LogP contribution is 2.21. The number of hydrogen-bond acceptors (Lipinski definition) is 3. The molecule has 1 aromatic carbocycles. The number of likely N-dealkylation sites (tertiary alicyclic amines) is 1. The Hall–Kier alpha value is -2.21. The molecule has 0 aliphatic carbocycles. The van der Waals surface area contributed by atoms with Gasteiger partial charge in [0.1, 0.15) is 5.82 Å². The molecule has 1 saturated heterocycles. The van der Waals surface area contributed by atoms with Crippen molar-refractivity contribution in [1.82, 2.24) is 14.7 Å². The zero-order chi connectivity index (χ0) is 15.7. The van der Waals surface area contributed by atoms with Crippen molar-refractivity contribution in [2.75, 3.05) is 19.6 Å². The van der Waals surface area contributed by atoms with Gasteiger partial charge in [0.15, 0.2) is 0 Å². The Kier molecular flexibility index (Phi) is 3.94. The number of carbonyl (C=O) groups excluding carboxylic acids is 1. The lowest BCUT2D eigenvalue weighted by molar-refractivity contribution is 0.0787. The maximum Gasteiger partial charge on any atom is 0.257 e. The van der Waals surface area contributed by atoms with Gasteiger partial charge in [-0.3, -0.25) is 4.79 Å². The van der Waals surface area contributed by atoms with E-state index in [4.69, 9.17) is 5.73 Å². The Morgan fingerprint density at radius 3 is 2.77 bits per heavy atom. The molecule has 2 aromatic rings. The van der Waals surface area contributed by atoms with Crippen molar-refractivity contribution >= 4 is 5.91 Å². The number of nitrogens with zero attached hydrogens (tertiary/aromatic N) is 3. The first-order valence-corrected chi connectivity index (χ1v) is 7.40. The van der Waals surface area contributed by atoms with Crippen LogP contribution in [0.2, 0.25) is 0 Å². The smallest absolute Gasteiger partial charge is 0.257 e. The normalized spacial score (nSPS) is 18.0. The fourth-order valence-corrected chi connectivity index (χ4v) is 2.84. The van der Waals surface area contributed by atoms with Gasteiger partial charge in [0, 0.05) is 13.1 Å². The van der Waals surface area contributed by atoms with Gasteiger partial charge in [-0.25, -0.2) is 9.07 Å². The summed E-state index contributed by atoms with van der Waals surface area (Å²) >= 11 is 0. The van der Waals surface area contributed by atoms with Gasteiger partial charge < -0.3 is 10.6 Å². The molecule has 5 nitrogen and oxygen atoms in total. The topological polar surface area (TPSA) is 64.2 Å². The van der Waals surface area contributed by atoms with Crippen LogP contribution in [0.5, 0.6) is 0 Å². The van der Waals surface area contributed by atoms with Gasteiger partial charge in [-0.15, -0.1) is 0 Å². The molecule has 0 spiro atoms. The molecule has 1 amide bonds. The molecule has 2 N–H and O–H groups in total. The van der Waals surface area contributed by atoms with E-state index in [0.717, 1.165) is 24.3 Å². The summed E-state index contributed by atoms with van der Waals surface area (Å²) in [5, 5.41) is 4.27. The molecule has 1 aromatic heterocycles. The summed E-state index contributed by atoms with van der Waals surface area (Å²) in [6.07, 6.45) is 2.53. The Labute approximate surface area is 128 Å². The quantitative estimate of drug-likeness (QED) is 0.939. The summed E-state index contributed by atoms with van der Waals surface area (Å²) in [5.74, 6) is 0.0768. The molecule has 116 valence electrons. The molecule has 1 aliphatic rings.